The quantitative estimate of drug-likeness (QED) is 0.424. The fraction of sp³-hybridized carbons (Fsp3) is 0.0714. The van der Waals surface area contributed by atoms with Gasteiger partial charge < -0.3 is 10.2 Å². The lowest BCUT2D eigenvalue weighted by Gasteiger charge is -2.18. The number of anilines is 1. The normalized spacial score (nSPS) is 10.4. The molecule has 0 aliphatic heterocycles. The molecular formula is C28H24N2O2. The first-order valence-electron chi connectivity index (χ1n) is 10.5. The van der Waals surface area contributed by atoms with Crippen molar-refractivity contribution in [3.8, 4) is 11.1 Å². The molecule has 0 fully saturated rings. The van der Waals surface area contributed by atoms with Gasteiger partial charge in [0.25, 0.3) is 11.8 Å². The highest BCUT2D eigenvalue weighted by Gasteiger charge is 2.14. The van der Waals surface area contributed by atoms with Crippen molar-refractivity contribution >= 4 is 17.5 Å². The van der Waals surface area contributed by atoms with Gasteiger partial charge in [-0.1, -0.05) is 78.9 Å². The topological polar surface area (TPSA) is 49.4 Å². The lowest BCUT2D eigenvalue weighted by molar-refractivity contribution is 0.0784. The van der Waals surface area contributed by atoms with E-state index in [0.29, 0.717) is 23.4 Å². The molecule has 1 N–H and O–H groups in total. The van der Waals surface area contributed by atoms with Crippen molar-refractivity contribution in [2.45, 2.75) is 6.54 Å². The van der Waals surface area contributed by atoms with Gasteiger partial charge in [-0.3, -0.25) is 9.59 Å². The summed E-state index contributed by atoms with van der Waals surface area (Å²) in [5.74, 6) is -0.316. The van der Waals surface area contributed by atoms with Crippen molar-refractivity contribution in [2.24, 2.45) is 0 Å². The number of nitrogens with one attached hydrogen (secondary N) is 1. The maximum Gasteiger partial charge on any atom is 0.255 e. The zero-order valence-electron chi connectivity index (χ0n) is 17.9. The standard InChI is InChI=1S/C28H24N2O2/c1-30(20-21-9-4-2-5-10-21)28(32)25-13-8-14-26(19-25)29-27(31)24-17-15-23(16-18-24)22-11-6-3-7-12-22/h2-19H,20H2,1H3,(H,29,31). The molecule has 4 nitrogen and oxygen atoms in total. The van der Waals surface area contributed by atoms with Crippen LogP contribution >= 0.6 is 0 Å². The number of benzene rings is 4. The third kappa shape index (κ3) is 5.10. The molecule has 32 heavy (non-hydrogen) atoms. The van der Waals surface area contributed by atoms with Crippen LogP contribution in [0.1, 0.15) is 26.3 Å². The van der Waals surface area contributed by atoms with Gasteiger partial charge in [-0.2, -0.15) is 0 Å². The predicted octanol–water partition coefficient (Wildman–Crippen LogP) is 5.88. The second-order valence-corrected chi connectivity index (χ2v) is 7.63. The Kier molecular flexibility index (Phi) is 6.42. The largest absolute Gasteiger partial charge is 0.337 e. The minimum atomic E-state index is -0.216. The summed E-state index contributed by atoms with van der Waals surface area (Å²) in [5.41, 5.74) is 4.89. The van der Waals surface area contributed by atoms with Crippen molar-refractivity contribution in [2.75, 3.05) is 12.4 Å². The van der Waals surface area contributed by atoms with Crippen molar-refractivity contribution in [1.29, 1.82) is 0 Å². The van der Waals surface area contributed by atoms with E-state index in [-0.39, 0.29) is 11.8 Å². The van der Waals surface area contributed by atoms with Crippen molar-refractivity contribution < 1.29 is 9.59 Å². The second kappa shape index (κ2) is 9.75. The lowest BCUT2D eigenvalue weighted by Crippen LogP contribution is -2.26. The van der Waals surface area contributed by atoms with Crippen molar-refractivity contribution in [3.63, 3.8) is 0 Å². The Labute approximate surface area is 188 Å². The van der Waals surface area contributed by atoms with Gasteiger partial charge >= 0.3 is 0 Å². The van der Waals surface area contributed by atoms with Crippen molar-refractivity contribution in [1.82, 2.24) is 4.90 Å². The van der Waals surface area contributed by atoms with Gasteiger partial charge in [-0.25, -0.2) is 0 Å². The molecule has 4 heteroatoms. The SMILES string of the molecule is CN(Cc1ccccc1)C(=O)c1cccc(NC(=O)c2ccc(-c3ccccc3)cc2)c1. The molecule has 0 aliphatic rings. The molecule has 0 saturated carbocycles. The van der Waals surface area contributed by atoms with Crippen LogP contribution in [-0.4, -0.2) is 23.8 Å². The van der Waals surface area contributed by atoms with E-state index in [1.807, 2.05) is 72.8 Å². The summed E-state index contributed by atoms with van der Waals surface area (Å²) in [6.07, 6.45) is 0. The minimum Gasteiger partial charge on any atom is -0.337 e. The number of hydrogen-bond acceptors (Lipinski definition) is 2. The summed E-state index contributed by atoms with van der Waals surface area (Å²) in [6, 6.07) is 34.4. The van der Waals surface area contributed by atoms with Crippen LogP contribution in [0.5, 0.6) is 0 Å². The van der Waals surface area contributed by atoms with Gasteiger partial charge in [0.15, 0.2) is 0 Å². The van der Waals surface area contributed by atoms with Crippen LogP contribution < -0.4 is 5.32 Å². The van der Waals surface area contributed by atoms with Crippen LogP contribution in [0.4, 0.5) is 5.69 Å². The Morgan fingerprint density at radius 2 is 1.31 bits per heavy atom. The molecule has 0 atom stereocenters. The Balaban J connectivity index is 1.43. The summed E-state index contributed by atoms with van der Waals surface area (Å²) in [5, 5.41) is 2.89. The van der Waals surface area contributed by atoms with Gasteiger partial charge in [-0.15, -0.1) is 0 Å². The average Bonchev–Trinajstić information content (AvgIpc) is 2.85. The maximum atomic E-state index is 12.8. The Hall–Kier alpha value is -4.18. The fourth-order valence-electron chi connectivity index (χ4n) is 3.53. The maximum absolute atomic E-state index is 12.8. The Bertz CT molecular complexity index is 1200. The third-order valence-corrected chi connectivity index (χ3v) is 5.23. The first-order chi connectivity index (χ1) is 15.6. The molecule has 4 aromatic rings. The molecule has 2 amide bonds. The second-order valence-electron chi connectivity index (χ2n) is 7.63. The van der Waals surface area contributed by atoms with Crippen LogP contribution in [0.25, 0.3) is 11.1 Å². The monoisotopic (exact) mass is 420 g/mol. The highest BCUT2D eigenvalue weighted by Crippen LogP contribution is 2.20. The molecule has 4 aromatic carbocycles. The van der Waals surface area contributed by atoms with E-state index >= 15 is 0 Å². The number of hydrogen-bond donors (Lipinski definition) is 1. The van der Waals surface area contributed by atoms with E-state index in [0.717, 1.165) is 16.7 Å². The Morgan fingerprint density at radius 3 is 2.00 bits per heavy atom. The lowest BCUT2D eigenvalue weighted by atomic mass is 10.0. The third-order valence-electron chi connectivity index (χ3n) is 5.23. The minimum absolute atomic E-state index is 0.0998. The number of nitrogens with zero attached hydrogens (tertiary/aromatic N) is 1. The van der Waals surface area contributed by atoms with Crippen LogP contribution in [-0.2, 0) is 6.54 Å². The van der Waals surface area contributed by atoms with Crippen molar-refractivity contribution in [3.05, 3.63) is 126 Å². The summed E-state index contributed by atoms with van der Waals surface area (Å²) in [7, 11) is 1.77. The number of carbonyl (C=O) groups excluding carboxylic acids is 2. The van der Waals surface area contributed by atoms with Crippen LogP contribution in [0.15, 0.2) is 109 Å². The predicted molar refractivity (Wildman–Crippen MR) is 129 cm³/mol. The molecule has 0 spiro atoms. The summed E-state index contributed by atoms with van der Waals surface area (Å²) in [4.78, 5) is 27.2. The first-order valence-corrected chi connectivity index (χ1v) is 10.5. The van der Waals surface area contributed by atoms with E-state index in [9.17, 15) is 9.59 Å². The van der Waals surface area contributed by atoms with Gasteiger partial charge in [0.1, 0.15) is 0 Å². The molecule has 4 rings (SSSR count). The van der Waals surface area contributed by atoms with Gasteiger partial charge in [-0.05, 0) is 47.0 Å². The number of carbonyl (C=O) groups is 2. The number of rotatable bonds is 6. The highest BCUT2D eigenvalue weighted by atomic mass is 16.2. The molecule has 0 radical (unpaired) electrons. The van der Waals surface area contributed by atoms with E-state index in [1.54, 1.807) is 48.3 Å². The van der Waals surface area contributed by atoms with Gasteiger partial charge in [0.2, 0.25) is 0 Å². The molecule has 0 aliphatic carbocycles. The first kappa shape index (κ1) is 21.1. The molecule has 0 heterocycles. The molecular weight excluding hydrogens is 396 g/mol. The van der Waals surface area contributed by atoms with E-state index in [4.69, 9.17) is 0 Å². The number of amides is 2. The molecule has 158 valence electrons. The smallest absolute Gasteiger partial charge is 0.255 e. The average molecular weight is 421 g/mol. The van der Waals surface area contributed by atoms with Gasteiger partial charge in [0, 0.05) is 30.4 Å². The van der Waals surface area contributed by atoms with Crippen LogP contribution in [0, 0.1) is 0 Å². The summed E-state index contributed by atoms with van der Waals surface area (Å²) in [6.45, 7) is 0.518. The van der Waals surface area contributed by atoms with E-state index in [2.05, 4.69) is 5.32 Å². The van der Waals surface area contributed by atoms with Crippen LogP contribution in [0.3, 0.4) is 0 Å². The zero-order valence-corrected chi connectivity index (χ0v) is 17.9. The summed E-state index contributed by atoms with van der Waals surface area (Å²) < 4.78 is 0. The molecule has 0 aromatic heterocycles. The molecule has 0 bridgehead atoms. The van der Waals surface area contributed by atoms with E-state index in [1.165, 1.54) is 0 Å². The Morgan fingerprint density at radius 1 is 0.688 bits per heavy atom. The highest BCUT2D eigenvalue weighted by molar-refractivity contribution is 6.05. The van der Waals surface area contributed by atoms with Crippen LogP contribution in [0.2, 0.25) is 0 Å². The zero-order chi connectivity index (χ0) is 22.3. The van der Waals surface area contributed by atoms with E-state index < -0.39 is 0 Å². The fourth-order valence-corrected chi connectivity index (χ4v) is 3.53. The summed E-state index contributed by atoms with van der Waals surface area (Å²) >= 11 is 0. The van der Waals surface area contributed by atoms with Gasteiger partial charge in [0.05, 0.1) is 0 Å². The molecule has 0 unspecified atom stereocenters. The molecule has 0 saturated heterocycles.